The fourth-order valence-corrected chi connectivity index (χ4v) is 3.36. The van der Waals surface area contributed by atoms with E-state index < -0.39 is 23.0 Å². The maximum absolute atomic E-state index is 13.0. The van der Waals surface area contributed by atoms with Gasteiger partial charge in [0.05, 0.1) is 6.61 Å². The molecule has 0 bridgehead atoms. The van der Waals surface area contributed by atoms with Crippen LogP contribution in [-0.4, -0.2) is 24.1 Å². The average Bonchev–Trinajstić information content (AvgIpc) is 2.64. The SMILES string of the molecule is C=CC[C@@](CCCCCCCCCCC)(C(=O)OCCCC)C(=O)OC(C)(C)C. The number of allylic oxidation sites excluding steroid dienone is 1. The smallest absolute Gasteiger partial charge is 0.324 e. The lowest BCUT2D eigenvalue weighted by Gasteiger charge is -2.32. The van der Waals surface area contributed by atoms with Crippen molar-refractivity contribution in [2.24, 2.45) is 5.41 Å². The number of hydrogen-bond donors (Lipinski definition) is 0. The third-order valence-corrected chi connectivity index (χ3v) is 5.11. The van der Waals surface area contributed by atoms with E-state index in [0.717, 1.165) is 32.1 Å². The number of carbonyl (C=O) groups excluding carboxylic acids is 2. The molecule has 0 spiro atoms. The lowest BCUT2D eigenvalue weighted by Crippen LogP contribution is -2.44. The van der Waals surface area contributed by atoms with E-state index in [0.29, 0.717) is 13.0 Å². The summed E-state index contributed by atoms with van der Waals surface area (Å²) in [5, 5.41) is 0. The van der Waals surface area contributed by atoms with Crippen LogP contribution in [0, 0.1) is 5.41 Å². The van der Waals surface area contributed by atoms with Gasteiger partial charge in [-0.25, -0.2) is 0 Å². The molecule has 29 heavy (non-hydrogen) atoms. The van der Waals surface area contributed by atoms with E-state index in [2.05, 4.69) is 13.5 Å². The largest absolute Gasteiger partial charge is 0.465 e. The minimum Gasteiger partial charge on any atom is -0.465 e. The minimum absolute atomic E-state index is 0.254. The first-order valence-corrected chi connectivity index (χ1v) is 11.7. The van der Waals surface area contributed by atoms with E-state index in [9.17, 15) is 9.59 Å². The molecule has 0 heterocycles. The highest BCUT2D eigenvalue weighted by molar-refractivity contribution is 6.00. The molecule has 0 aliphatic heterocycles. The summed E-state index contributed by atoms with van der Waals surface area (Å²) in [6.45, 7) is 13.9. The number of hydrogen-bond acceptors (Lipinski definition) is 4. The van der Waals surface area contributed by atoms with Crippen molar-refractivity contribution in [2.45, 2.75) is 124 Å². The zero-order valence-electron chi connectivity index (χ0n) is 19.8. The van der Waals surface area contributed by atoms with Gasteiger partial charge in [0.1, 0.15) is 5.60 Å². The number of rotatable bonds is 17. The molecule has 0 fully saturated rings. The second-order valence-electron chi connectivity index (χ2n) is 9.14. The van der Waals surface area contributed by atoms with Gasteiger partial charge in [-0.05, 0) is 40.0 Å². The molecule has 170 valence electrons. The van der Waals surface area contributed by atoms with Crippen LogP contribution in [0.1, 0.15) is 118 Å². The second kappa shape index (κ2) is 15.5. The fourth-order valence-electron chi connectivity index (χ4n) is 3.36. The summed E-state index contributed by atoms with van der Waals surface area (Å²) in [4.78, 5) is 26.0. The summed E-state index contributed by atoms with van der Waals surface area (Å²) < 4.78 is 11.1. The van der Waals surface area contributed by atoms with E-state index in [1.165, 1.54) is 38.5 Å². The van der Waals surface area contributed by atoms with Gasteiger partial charge in [-0.3, -0.25) is 9.59 Å². The molecular weight excluding hydrogens is 364 g/mol. The third-order valence-electron chi connectivity index (χ3n) is 5.11. The van der Waals surface area contributed by atoms with Gasteiger partial charge in [0, 0.05) is 0 Å². The molecule has 0 saturated carbocycles. The summed E-state index contributed by atoms with van der Waals surface area (Å²) in [6.07, 6.45) is 14.7. The second-order valence-corrected chi connectivity index (χ2v) is 9.14. The van der Waals surface area contributed by atoms with Crippen molar-refractivity contribution in [3.05, 3.63) is 12.7 Å². The summed E-state index contributed by atoms with van der Waals surface area (Å²) in [6, 6.07) is 0. The quantitative estimate of drug-likeness (QED) is 0.110. The number of ether oxygens (including phenoxy) is 2. The van der Waals surface area contributed by atoms with Gasteiger partial charge in [0.15, 0.2) is 5.41 Å². The molecule has 0 aliphatic carbocycles. The predicted octanol–water partition coefficient (Wildman–Crippen LogP) is 7.15. The predicted molar refractivity (Wildman–Crippen MR) is 121 cm³/mol. The van der Waals surface area contributed by atoms with Crippen molar-refractivity contribution in [3.8, 4) is 0 Å². The minimum atomic E-state index is -1.27. The van der Waals surface area contributed by atoms with Crippen molar-refractivity contribution >= 4 is 11.9 Å². The first kappa shape index (κ1) is 27.7. The standard InChI is InChI=1S/C25H46O4/c1-7-10-12-13-14-15-16-17-18-20-25(19-9-3,22(26)28-21-11-8-2)23(27)29-24(4,5)6/h9H,3,7-8,10-21H2,1-2,4-6H3/t25-/m1/s1. The maximum Gasteiger partial charge on any atom is 0.324 e. The van der Waals surface area contributed by atoms with Gasteiger partial charge < -0.3 is 9.47 Å². The monoisotopic (exact) mass is 410 g/mol. The highest BCUT2D eigenvalue weighted by atomic mass is 16.6. The highest BCUT2D eigenvalue weighted by Gasteiger charge is 2.48. The van der Waals surface area contributed by atoms with E-state index in [1.54, 1.807) is 6.08 Å². The van der Waals surface area contributed by atoms with Crippen LogP contribution in [0.25, 0.3) is 0 Å². The van der Waals surface area contributed by atoms with Gasteiger partial charge in [0.2, 0.25) is 0 Å². The summed E-state index contributed by atoms with van der Waals surface area (Å²) in [7, 11) is 0. The molecule has 4 nitrogen and oxygen atoms in total. The van der Waals surface area contributed by atoms with Gasteiger partial charge in [-0.15, -0.1) is 6.58 Å². The Bertz CT molecular complexity index is 464. The molecule has 4 heteroatoms. The number of unbranched alkanes of at least 4 members (excludes halogenated alkanes) is 9. The Morgan fingerprint density at radius 2 is 1.31 bits per heavy atom. The van der Waals surface area contributed by atoms with Crippen molar-refractivity contribution in [3.63, 3.8) is 0 Å². The molecular formula is C25H46O4. The lowest BCUT2D eigenvalue weighted by molar-refractivity contribution is -0.180. The normalized spacial score (nSPS) is 13.6. The molecule has 0 saturated heterocycles. The Morgan fingerprint density at radius 3 is 1.79 bits per heavy atom. The zero-order valence-corrected chi connectivity index (χ0v) is 19.8. The van der Waals surface area contributed by atoms with Gasteiger partial charge in [0.25, 0.3) is 0 Å². The Balaban J connectivity index is 4.89. The first-order valence-electron chi connectivity index (χ1n) is 11.7. The average molecular weight is 411 g/mol. The molecule has 0 aromatic carbocycles. The highest BCUT2D eigenvalue weighted by Crippen LogP contribution is 2.35. The summed E-state index contributed by atoms with van der Waals surface area (Å²) in [5.41, 5.74) is -1.92. The molecule has 1 atom stereocenters. The molecule has 0 aromatic rings. The van der Waals surface area contributed by atoms with E-state index >= 15 is 0 Å². The molecule has 0 aromatic heterocycles. The van der Waals surface area contributed by atoms with Crippen LogP contribution in [0.15, 0.2) is 12.7 Å². The maximum atomic E-state index is 13.0. The van der Waals surface area contributed by atoms with Crippen molar-refractivity contribution < 1.29 is 19.1 Å². The molecule has 0 aliphatic rings. The van der Waals surface area contributed by atoms with Crippen LogP contribution < -0.4 is 0 Å². The van der Waals surface area contributed by atoms with Gasteiger partial charge in [-0.1, -0.05) is 84.1 Å². The van der Waals surface area contributed by atoms with Crippen LogP contribution in [0.2, 0.25) is 0 Å². The van der Waals surface area contributed by atoms with E-state index in [4.69, 9.17) is 9.47 Å². The van der Waals surface area contributed by atoms with Crippen LogP contribution >= 0.6 is 0 Å². The third kappa shape index (κ3) is 12.1. The van der Waals surface area contributed by atoms with Crippen LogP contribution in [0.4, 0.5) is 0 Å². The molecule has 0 amide bonds. The number of carbonyl (C=O) groups is 2. The van der Waals surface area contributed by atoms with E-state index in [1.807, 2.05) is 27.7 Å². The Hall–Kier alpha value is -1.32. The number of esters is 2. The fraction of sp³-hybridized carbons (Fsp3) is 0.840. The van der Waals surface area contributed by atoms with Crippen LogP contribution in [0.3, 0.4) is 0 Å². The first-order chi connectivity index (χ1) is 13.7. The van der Waals surface area contributed by atoms with Gasteiger partial charge >= 0.3 is 11.9 Å². The lowest BCUT2D eigenvalue weighted by atomic mass is 9.79. The Kier molecular flexibility index (Phi) is 14.8. The zero-order chi connectivity index (χ0) is 22.2. The molecule has 0 rings (SSSR count). The van der Waals surface area contributed by atoms with E-state index in [-0.39, 0.29) is 6.42 Å². The molecule has 0 unspecified atom stereocenters. The van der Waals surface area contributed by atoms with Crippen LogP contribution in [-0.2, 0) is 19.1 Å². The van der Waals surface area contributed by atoms with Crippen molar-refractivity contribution in [2.75, 3.05) is 6.61 Å². The molecule has 0 radical (unpaired) electrons. The van der Waals surface area contributed by atoms with Crippen LogP contribution in [0.5, 0.6) is 0 Å². The Morgan fingerprint density at radius 1 is 0.793 bits per heavy atom. The van der Waals surface area contributed by atoms with Crippen molar-refractivity contribution in [1.82, 2.24) is 0 Å². The summed E-state index contributed by atoms with van der Waals surface area (Å²) in [5.74, 6) is -0.939. The molecule has 0 N–H and O–H groups in total. The summed E-state index contributed by atoms with van der Waals surface area (Å²) >= 11 is 0. The van der Waals surface area contributed by atoms with Gasteiger partial charge in [-0.2, -0.15) is 0 Å². The Labute approximate surface area is 179 Å². The topological polar surface area (TPSA) is 52.6 Å². The van der Waals surface area contributed by atoms with Crippen molar-refractivity contribution in [1.29, 1.82) is 0 Å².